The minimum Gasteiger partial charge on any atom is -0.382 e. The van der Waals surface area contributed by atoms with Crippen molar-refractivity contribution in [3.05, 3.63) is 47.4 Å². The molecule has 12 heteroatoms. The Balaban J connectivity index is 1.12. The molecule has 0 unspecified atom stereocenters. The first-order chi connectivity index (χ1) is 20.3. The highest BCUT2D eigenvalue weighted by Gasteiger charge is 2.53. The molecule has 0 aromatic carbocycles. The van der Waals surface area contributed by atoms with Gasteiger partial charge in [0.15, 0.2) is 0 Å². The summed E-state index contributed by atoms with van der Waals surface area (Å²) in [5.74, 6) is 0.565. The van der Waals surface area contributed by atoms with Gasteiger partial charge < -0.3 is 24.2 Å². The third-order valence-electron chi connectivity index (χ3n) is 9.94. The minimum absolute atomic E-state index is 0.0104. The molecule has 2 aromatic rings. The summed E-state index contributed by atoms with van der Waals surface area (Å²) in [6.45, 7) is 11.5. The molecule has 7 heterocycles. The van der Waals surface area contributed by atoms with Crippen LogP contribution in [0.15, 0.2) is 24.9 Å². The number of ether oxygens (including phenoxy) is 2. The molecule has 2 aromatic heterocycles. The van der Waals surface area contributed by atoms with Gasteiger partial charge >= 0.3 is 0 Å². The molecule has 3 atom stereocenters. The van der Waals surface area contributed by atoms with Crippen LogP contribution in [0.4, 0.5) is 20.3 Å². The largest absolute Gasteiger partial charge is 0.382 e. The molecule has 7 rings (SSSR count). The van der Waals surface area contributed by atoms with Gasteiger partial charge in [-0.05, 0) is 37.8 Å². The lowest BCUT2D eigenvalue weighted by molar-refractivity contribution is -0.128. The van der Waals surface area contributed by atoms with Crippen molar-refractivity contribution in [1.82, 2.24) is 24.6 Å². The van der Waals surface area contributed by atoms with Crippen molar-refractivity contribution >= 4 is 17.4 Å². The predicted octanol–water partition coefficient (Wildman–Crippen LogP) is 2.68. The summed E-state index contributed by atoms with van der Waals surface area (Å²) in [6.07, 6.45) is 3.02. The lowest BCUT2D eigenvalue weighted by atomic mass is 9.86. The van der Waals surface area contributed by atoms with Crippen LogP contribution in [0.3, 0.4) is 0 Å². The van der Waals surface area contributed by atoms with E-state index in [1.165, 1.54) is 6.08 Å². The molecular formula is C30H39F2N7O3. The Morgan fingerprint density at radius 3 is 2.76 bits per heavy atom. The van der Waals surface area contributed by atoms with E-state index < -0.39 is 12.0 Å². The summed E-state index contributed by atoms with van der Waals surface area (Å²) in [6, 6.07) is 2.67. The average molecular weight is 584 g/mol. The molecule has 0 radical (unpaired) electrons. The van der Waals surface area contributed by atoms with Gasteiger partial charge in [0.2, 0.25) is 5.91 Å². The fourth-order valence-electron chi connectivity index (χ4n) is 7.79. The van der Waals surface area contributed by atoms with Gasteiger partial charge in [-0.2, -0.15) is 5.10 Å². The smallest absolute Gasteiger partial charge is 0.280 e. The Kier molecular flexibility index (Phi) is 6.98. The number of fused-ring (bicyclic) bond motifs is 5. The monoisotopic (exact) mass is 583 g/mol. The van der Waals surface area contributed by atoms with E-state index in [9.17, 15) is 13.6 Å². The maximum atomic E-state index is 14.5. The quantitative estimate of drug-likeness (QED) is 0.481. The zero-order valence-corrected chi connectivity index (χ0v) is 24.3. The zero-order chi connectivity index (χ0) is 29.2. The average Bonchev–Trinajstić information content (AvgIpc) is 3.30. The van der Waals surface area contributed by atoms with Crippen LogP contribution in [0, 0.1) is 6.92 Å². The molecule has 42 heavy (non-hydrogen) atoms. The zero-order valence-electron chi connectivity index (χ0n) is 24.3. The molecular weight excluding hydrogens is 544 g/mol. The topological polar surface area (TPSA) is 79.2 Å². The number of carbonyl (C=O) groups excluding carboxylic acids is 1. The van der Waals surface area contributed by atoms with Gasteiger partial charge in [-0.25, -0.2) is 13.8 Å². The van der Waals surface area contributed by atoms with Crippen molar-refractivity contribution in [2.75, 3.05) is 75.9 Å². The molecule has 5 aliphatic heterocycles. The van der Waals surface area contributed by atoms with E-state index in [2.05, 4.69) is 31.4 Å². The van der Waals surface area contributed by atoms with Crippen LogP contribution < -0.4 is 9.80 Å². The summed E-state index contributed by atoms with van der Waals surface area (Å²) < 4.78 is 42.8. The molecule has 10 nitrogen and oxygen atoms in total. The van der Waals surface area contributed by atoms with Crippen molar-refractivity contribution in [1.29, 1.82) is 0 Å². The normalized spacial score (nSPS) is 26.7. The number of hydrogen-bond donors (Lipinski definition) is 0. The Morgan fingerprint density at radius 1 is 1.26 bits per heavy atom. The number of alkyl halides is 2. The summed E-state index contributed by atoms with van der Waals surface area (Å²) in [5.41, 5.74) is 3.07. The minimum atomic E-state index is -2.64. The van der Waals surface area contributed by atoms with Gasteiger partial charge in [0, 0.05) is 69.2 Å². The van der Waals surface area contributed by atoms with E-state index in [1.807, 2.05) is 28.8 Å². The van der Waals surface area contributed by atoms with Crippen molar-refractivity contribution in [3.63, 3.8) is 0 Å². The van der Waals surface area contributed by atoms with Crippen molar-refractivity contribution < 1.29 is 23.0 Å². The van der Waals surface area contributed by atoms with Crippen molar-refractivity contribution in [2.24, 2.45) is 0 Å². The SMILES string of the molecule is C=CC(=O)N1CCN([C@@H]2CN3c4cc(N5CC6(C5)OC[C@@H](COC)n5ncc(C)c56)nc(C(F)F)c4CCC[C@@H]23)CC1. The number of amides is 1. The number of methoxy groups -OCH3 is 1. The first-order valence-corrected chi connectivity index (χ1v) is 15.0. The Bertz CT molecular complexity index is 1370. The maximum absolute atomic E-state index is 14.5. The van der Waals surface area contributed by atoms with Crippen LogP contribution in [-0.4, -0.2) is 109 Å². The van der Waals surface area contributed by atoms with E-state index in [0.717, 1.165) is 49.4 Å². The molecule has 0 bridgehead atoms. The summed E-state index contributed by atoms with van der Waals surface area (Å²) in [5, 5.41) is 4.61. The molecule has 0 aliphatic carbocycles. The number of carbonyl (C=O) groups is 1. The fraction of sp³-hybridized carbons (Fsp3) is 0.633. The molecule has 226 valence electrons. The van der Waals surface area contributed by atoms with E-state index in [4.69, 9.17) is 9.47 Å². The second kappa shape index (κ2) is 10.6. The summed E-state index contributed by atoms with van der Waals surface area (Å²) in [4.78, 5) is 25.3. The number of anilines is 2. The van der Waals surface area contributed by atoms with E-state index in [-0.39, 0.29) is 23.7 Å². The van der Waals surface area contributed by atoms with Crippen molar-refractivity contribution in [2.45, 2.75) is 56.3 Å². The molecule has 1 amide bonds. The van der Waals surface area contributed by atoms with Gasteiger partial charge in [-0.3, -0.25) is 14.4 Å². The third-order valence-corrected chi connectivity index (χ3v) is 9.94. The second-order valence-electron chi connectivity index (χ2n) is 12.3. The summed E-state index contributed by atoms with van der Waals surface area (Å²) in [7, 11) is 1.67. The second-order valence-corrected chi connectivity index (χ2v) is 12.3. The van der Waals surface area contributed by atoms with Gasteiger partial charge in [-0.1, -0.05) is 6.58 Å². The summed E-state index contributed by atoms with van der Waals surface area (Å²) >= 11 is 0. The highest BCUT2D eigenvalue weighted by atomic mass is 19.3. The molecule has 1 spiro atoms. The number of aromatic nitrogens is 3. The van der Waals surface area contributed by atoms with E-state index in [0.29, 0.717) is 63.2 Å². The first-order valence-electron chi connectivity index (χ1n) is 15.0. The van der Waals surface area contributed by atoms with Gasteiger partial charge in [-0.15, -0.1) is 0 Å². The van der Waals surface area contributed by atoms with E-state index in [1.54, 1.807) is 7.11 Å². The molecule has 3 fully saturated rings. The molecule has 5 aliphatic rings. The Labute approximate surface area is 244 Å². The highest BCUT2D eigenvalue weighted by molar-refractivity contribution is 5.87. The standard InChI is InChI=1S/C30H39F2N7O3/c1-4-26(40)36-10-8-35(9-11-36)24-14-38-22(24)7-5-6-21-23(38)12-25(34-27(21)29(31)32)37-17-30(18-37)28-19(2)13-33-39(28)20(15-41-3)16-42-30/h4,12-13,20,22,24,29H,1,5-11,14-18H2,2-3H3/t20-,22+,24-/m1/s1. The van der Waals surface area contributed by atoms with Crippen LogP contribution in [0.5, 0.6) is 0 Å². The fourth-order valence-corrected chi connectivity index (χ4v) is 7.79. The number of halogens is 2. The molecule has 0 N–H and O–H groups in total. The predicted molar refractivity (Wildman–Crippen MR) is 153 cm³/mol. The third kappa shape index (κ3) is 4.32. The van der Waals surface area contributed by atoms with Gasteiger partial charge in [0.25, 0.3) is 6.43 Å². The van der Waals surface area contributed by atoms with Crippen LogP contribution >= 0.6 is 0 Å². The van der Waals surface area contributed by atoms with Crippen LogP contribution in [0.2, 0.25) is 0 Å². The van der Waals surface area contributed by atoms with Gasteiger partial charge in [0.1, 0.15) is 17.1 Å². The number of hydrogen-bond acceptors (Lipinski definition) is 8. The molecule has 3 saturated heterocycles. The number of aryl methyl sites for hydroxylation is 1. The van der Waals surface area contributed by atoms with E-state index >= 15 is 0 Å². The lowest BCUT2D eigenvalue weighted by Crippen LogP contribution is -2.69. The van der Waals surface area contributed by atoms with Crippen LogP contribution in [-0.2, 0) is 26.3 Å². The van der Waals surface area contributed by atoms with Crippen LogP contribution in [0.25, 0.3) is 0 Å². The molecule has 0 saturated carbocycles. The number of nitrogens with zero attached hydrogens (tertiary/aromatic N) is 7. The number of rotatable bonds is 6. The van der Waals surface area contributed by atoms with Crippen molar-refractivity contribution in [3.8, 4) is 0 Å². The lowest BCUT2D eigenvalue weighted by Gasteiger charge is -2.55. The first kappa shape index (κ1) is 27.7. The van der Waals surface area contributed by atoms with Crippen LogP contribution in [0.1, 0.15) is 47.8 Å². The Morgan fingerprint density at radius 2 is 2.05 bits per heavy atom. The maximum Gasteiger partial charge on any atom is 0.280 e. The highest BCUT2D eigenvalue weighted by Crippen LogP contribution is 2.47. The Hall–Kier alpha value is -3.09. The number of piperazine rings is 1. The number of pyridine rings is 1. The van der Waals surface area contributed by atoms with Gasteiger partial charge in [0.05, 0.1) is 44.2 Å².